The van der Waals surface area contributed by atoms with Crippen molar-refractivity contribution in [3.8, 4) is 5.75 Å². The number of piperazine rings is 1. The van der Waals surface area contributed by atoms with E-state index >= 15 is 0 Å². The molecule has 1 saturated heterocycles. The second kappa shape index (κ2) is 5.42. The lowest BCUT2D eigenvalue weighted by atomic mass is 10.2. The van der Waals surface area contributed by atoms with Crippen LogP contribution in [0.1, 0.15) is 6.42 Å². The molecule has 1 atom stereocenters. The smallest absolute Gasteiger partial charge is 0.170 e. The van der Waals surface area contributed by atoms with Gasteiger partial charge in [0, 0.05) is 31.1 Å². The fourth-order valence-corrected chi connectivity index (χ4v) is 2.21. The topological polar surface area (TPSA) is 46.4 Å². The molecule has 0 aliphatic carbocycles. The maximum Gasteiger partial charge on any atom is 0.170 e. The second-order valence-corrected chi connectivity index (χ2v) is 4.56. The quantitative estimate of drug-likeness (QED) is 0.858. The average Bonchev–Trinajstić information content (AvgIpc) is 2.87. The van der Waals surface area contributed by atoms with Gasteiger partial charge in [0.15, 0.2) is 6.26 Å². The van der Waals surface area contributed by atoms with Gasteiger partial charge in [-0.15, -0.1) is 0 Å². The lowest BCUT2D eigenvalue weighted by Crippen LogP contribution is -2.48. The van der Waals surface area contributed by atoms with Crippen molar-refractivity contribution in [3.05, 3.63) is 30.5 Å². The van der Waals surface area contributed by atoms with Gasteiger partial charge in [-0.2, -0.15) is 0 Å². The van der Waals surface area contributed by atoms with Crippen LogP contribution in [0, 0.1) is 6.26 Å². The van der Waals surface area contributed by atoms with Gasteiger partial charge in [0.05, 0.1) is 6.61 Å². The Hall–Kier alpha value is -1.52. The molecule has 4 heteroatoms. The summed E-state index contributed by atoms with van der Waals surface area (Å²) < 4.78 is 10.9. The molecule has 18 heavy (non-hydrogen) atoms. The van der Waals surface area contributed by atoms with E-state index in [1.54, 1.807) is 0 Å². The SMILES string of the molecule is [c]1cc2cc(OCCC3CNCCN3)ccc2o1. The van der Waals surface area contributed by atoms with Crippen molar-refractivity contribution in [1.29, 1.82) is 0 Å². The van der Waals surface area contributed by atoms with Crippen LogP contribution in [-0.4, -0.2) is 32.3 Å². The Morgan fingerprint density at radius 2 is 2.39 bits per heavy atom. The molecule has 2 heterocycles. The lowest BCUT2D eigenvalue weighted by molar-refractivity contribution is 0.274. The van der Waals surface area contributed by atoms with Crippen LogP contribution in [0.4, 0.5) is 0 Å². The first-order valence-electron chi connectivity index (χ1n) is 6.38. The molecule has 1 aromatic heterocycles. The van der Waals surface area contributed by atoms with E-state index in [2.05, 4.69) is 16.9 Å². The van der Waals surface area contributed by atoms with E-state index in [4.69, 9.17) is 9.15 Å². The minimum atomic E-state index is 0.518. The molecule has 1 fully saturated rings. The summed E-state index contributed by atoms with van der Waals surface area (Å²) in [5.41, 5.74) is 0.848. The summed E-state index contributed by atoms with van der Waals surface area (Å²) in [4.78, 5) is 0. The highest BCUT2D eigenvalue weighted by molar-refractivity contribution is 5.78. The van der Waals surface area contributed by atoms with E-state index < -0.39 is 0 Å². The molecule has 1 aromatic carbocycles. The van der Waals surface area contributed by atoms with E-state index in [0.717, 1.165) is 49.4 Å². The van der Waals surface area contributed by atoms with Crippen molar-refractivity contribution >= 4 is 11.0 Å². The number of rotatable bonds is 4. The third-order valence-corrected chi connectivity index (χ3v) is 3.23. The van der Waals surface area contributed by atoms with Crippen LogP contribution in [0.15, 0.2) is 28.7 Å². The summed E-state index contributed by atoms with van der Waals surface area (Å²) in [6, 6.07) is 8.19. The summed E-state index contributed by atoms with van der Waals surface area (Å²) in [5, 5.41) is 7.87. The monoisotopic (exact) mass is 245 g/mol. The molecule has 0 amide bonds. The zero-order chi connectivity index (χ0) is 12.2. The van der Waals surface area contributed by atoms with Crippen molar-refractivity contribution in [2.45, 2.75) is 12.5 Å². The minimum absolute atomic E-state index is 0.518. The first kappa shape index (κ1) is 11.6. The normalized spacial score (nSPS) is 20.1. The number of benzene rings is 1. The van der Waals surface area contributed by atoms with Gasteiger partial charge in [0.2, 0.25) is 0 Å². The maximum absolute atomic E-state index is 5.76. The van der Waals surface area contributed by atoms with Crippen molar-refractivity contribution in [3.63, 3.8) is 0 Å². The Labute approximate surface area is 106 Å². The van der Waals surface area contributed by atoms with Gasteiger partial charge in [0.1, 0.15) is 11.3 Å². The van der Waals surface area contributed by atoms with Crippen molar-refractivity contribution in [2.75, 3.05) is 26.2 Å². The molecule has 1 aliphatic heterocycles. The van der Waals surface area contributed by atoms with Crippen LogP contribution in [-0.2, 0) is 0 Å². The molecule has 2 N–H and O–H groups in total. The van der Waals surface area contributed by atoms with Gasteiger partial charge in [0.25, 0.3) is 0 Å². The molecular weight excluding hydrogens is 228 g/mol. The second-order valence-electron chi connectivity index (χ2n) is 4.56. The zero-order valence-electron chi connectivity index (χ0n) is 10.2. The van der Waals surface area contributed by atoms with Gasteiger partial charge in [-0.1, -0.05) is 0 Å². The fraction of sp³-hybridized carbons (Fsp3) is 0.429. The predicted octanol–water partition coefficient (Wildman–Crippen LogP) is 1.56. The number of hydrogen-bond acceptors (Lipinski definition) is 4. The van der Waals surface area contributed by atoms with Gasteiger partial charge >= 0.3 is 0 Å². The molecule has 0 bridgehead atoms. The third-order valence-electron chi connectivity index (χ3n) is 3.23. The van der Waals surface area contributed by atoms with Crippen molar-refractivity contribution in [1.82, 2.24) is 10.6 Å². The zero-order valence-corrected chi connectivity index (χ0v) is 10.2. The molecule has 1 aliphatic rings. The number of furan rings is 1. The number of nitrogens with one attached hydrogen (secondary N) is 2. The van der Waals surface area contributed by atoms with Gasteiger partial charge in [-0.05, 0) is 30.7 Å². The predicted molar refractivity (Wildman–Crippen MR) is 69.8 cm³/mol. The highest BCUT2D eigenvalue weighted by Crippen LogP contribution is 2.21. The van der Waals surface area contributed by atoms with E-state index in [1.807, 2.05) is 24.3 Å². The summed E-state index contributed by atoms with van der Waals surface area (Å²) >= 11 is 0. The maximum atomic E-state index is 5.76. The van der Waals surface area contributed by atoms with E-state index in [9.17, 15) is 0 Å². The summed E-state index contributed by atoms with van der Waals surface area (Å²) in [7, 11) is 0. The molecule has 0 saturated carbocycles. The molecule has 3 rings (SSSR count). The van der Waals surface area contributed by atoms with E-state index in [0.29, 0.717) is 6.04 Å². The van der Waals surface area contributed by atoms with Crippen LogP contribution in [0.3, 0.4) is 0 Å². The number of ether oxygens (including phenoxy) is 1. The van der Waals surface area contributed by atoms with Crippen LogP contribution >= 0.6 is 0 Å². The summed E-state index contributed by atoms with van der Waals surface area (Å²) in [6.45, 7) is 3.86. The molecule has 1 radical (unpaired) electrons. The Kier molecular flexibility index (Phi) is 3.48. The Balaban J connectivity index is 1.52. The number of fused-ring (bicyclic) bond motifs is 1. The summed E-state index contributed by atoms with van der Waals surface area (Å²) in [5.74, 6) is 0.890. The van der Waals surface area contributed by atoms with Crippen LogP contribution in [0.2, 0.25) is 0 Å². The third kappa shape index (κ3) is 2.66. The molecule has 2 aromatic rings. The van der Waals surface area contributed by atoms with Gasteiger partial charge < -0.3 is 19.8 Å². The molecule has 0 spiro atoms. The first-order valence-corrected chi connectivity index (χ1v) is 6.38. The highest BCUT2D eigenvalue weighted by Gasteiger charge is 2.11. The van der Waals surface area contributed by atoms with Crippen LogP contribution in [0.5, 0.6) is 5.75 Å². The fourth-order valence-electron chi connectivity index (χ4n) is 2.21. The van der Waals surface area contributed by atoms with E-state index in [1.165, 1.54) is 0 Å². The average molecular weight is 245 g/mol. The molecular formula is C14H17N2O2. The Morgan fingerprint density at radius 3 is 3.28 bits per heavy atom. The standard InChI is InChI=1S/C14H17N2O2/c1-2-14-11(3-7-18-14)9-13(1)17-8-4-12-10-15-5-6-16-12/h1-3,9,12,15-16H,4-6,8,10H2. The van der Waals surface area contributed by atoms with Gasteiger partial charge in [-0.3, -0.25) is 0 Å². The lowest BCUT2D eigenvalue weighted by Gasteiger charge is -2.24. The molecule has 1 unspecified atom stereocenters. The first-order chi connectivity index (χ1) is 8.92. The molecule has 4 nitrogen and oxygen atoms in total. The molecule has 95 valence electrons. The van der Waals surface area contributed by atoms with Crippen molar-refractivity contribution < 1.29 is 9.15 Å². The number of hydrogen-bond donors (Lipinski definition) is 2. The summed E-state index contributed by atoms with van der Waals surface area (Å²) in [6.07, 6.45) is 3.74. The Bertz CT molecular complexity index is 503. The van der Waals surface area contributed by atoms with Gasteiger partial charge in [-0.25, -0.2) is 0 Å². The van der Waals surface area contributed by atoms with Crippen LogP contribution < -0.4 is 15.4 Å². The largest absolute Gasteiger partial charge is 0.494 e. The van der Waals surface area contributed by atoms with Crippen molar-refractivity contribution in [2.24, 2.45) is 0 Å². The minimum Gasteiger partial charge on any atom is -0.494 e. The van der Waals surface area contributed by atoms with E-state index in [-0.39, 0.29) is 0 Å². The highest BCUT2D eigenvalue weighted by atomic mass is 16.5. The Morgan fingerprint density at radius 1 is 1.39 bits per heavy atom. The van der Waals surface area contributed by atoms with Crippen LogP contribution in [0.25, 0.3) is 11.0 Å².